The van der Waals surface area contributed by atoms with Gasteiger partial charge in [0.25, 0.3) is 0 Å². The van der Waals surface area contributed by atoms with Crippen molar-refractivity contribution in [2.45, 2.75) is 19.8 Å². The Hall–Kier alpha value is -0.0200. The van der Waals surface area contributed by atoms with E-state index in [2.05, 4.69) is 5.32 Å². The number of hydrogen-bond donors (Lipinski definition) is 1. The lowest BCUT2D eigenvalue weighted by Gasteiger charge is -1.97. The molecule has 0 aromatic heterocycles. The fourth-order valence-corrected chi connectivity index (χ4v) is 1.29. The van der Waals surface area contributed by atoms with E-state index in [1.54, 1.807) is 6.92 Å². The average molecular weight is 161 g/mol. The molecule has 0 unspecified atom stereocenters. The van der Waals surface area contributed by atoms with Gasteiger partial charge in [-0.3, -0.25) is 0 Å². The molecule has 0 saturated carbocycles. The Labute approximate surface area is 66.8 Å². The van der Waals surface area contributed by atoms with Gasteiger partial charge in [-0.2, -0.15) is 0 Å². The zero-order valence-electron chi connectivity index (χ0n) is 6.64. The predicted octanol–water partition coefficient (Wildman–Crippen LogP) is 1.27. The van der Waals surface area contributed by atoms with Gasteiger partial charge in [-0.15, -0.1) is 11.8 Å². The molecule has 10 heavy (non-hydrogen) atoms. The molecule has 0 aliphatic carbocycles. The maximum atomic E-state index is 10.5. The summed E-state index contributed by atoms with van der Waals surface area (Å²) in [6.07, 6.45) is 1.75. The van der Waals surface area contributed by atoms with E-state index >= 15 is 0 Å². The number of hydrogen-bond acceptors (Lipinski definition) is 3. The molecule has 0 atom stereocenters. The van der Waals surface area contributed by atoms with Crippen LogP contribution in [0.5, 0.6) is 0 Å². The van der Waals surface area contributed by atoms with Crippen LogP contribution in [-0.4, -0.2) is 24.5 Å². The van der Waals surface area contributed by atoms with Gasteiger partial charge in [0, 0.05) is 12.3 Å². The van der Waals surface area contributed by atoms with Crippen molar-refractivity contribution in [3.05, 3.63) is 0 Å². The van der Waals surface area contributed by atoms with Gasteiger partial charge in [-0.1, -0.05) is 0 Å². The van der Waals surface area contributed by atoms with E-state index in [4.69, 9.17) is 0 Å². The highest BCUT2D eigenvalue weighted by Gasteiger charge is 1.92. The summed E-state index contributed by atoms with van der Waals surface area (Å²) in [5, 5.41) is 3.03. The van der Waals surface area contributed by atoms with Gasteiger partial charge in [0.15, 0.2) is 0 Å². The first-order valence-corrected chi connectivity index (χ1v) is 4.64. The minimum Gasteiger partial charge on any atom is -0.311 e. The number of ketones is 1. The Morgan fingerprint density at radius 2 is 2.30 bits per heavy atom. The van der Waals surface area contributed by atoms with E-state index < -0.39 is 0 Å². The number of carbonyl (C=O) groups is 1. The topological polar surface area (TPSA) is 29.1 Å². The molecule has 0 rings (SSSR count). The van der Waals surface area contributed by atoms with E-state index in [0.29, 0.717) is 5.78 Å². The second-order valence-electron chi connectivity index (χ2n) is 2.21. The second kappa shape index (κ2) is 7.09. The van der Waals surface area contributed by atoms with Gasteiger partial charge < -0.3 is 10.1 Å². The molecule has 0 saturated heterocycles. The first-order valence-electron chi connectivity index (χ1n) is 3.49. The zero-order chi connectivity index (χ0) is 7.82. The average Bonchev–Trinajstić information content (AvgIpc) is 1.87. The third kappa shape index (κ3) is 7.98. The lowest BCUT2D eigenvalue weighted by atomic mass is 10.3. The van der Waals surface area contributed by atoms with Gasteiger partial charge in [0.1, 0.15) is 5.78 Å². The Balaban J connectivity index is 2.84. The van der Waals surface area contributed by atoms with Crippen LogP contribution in [0.2, 0.25) is 0 Å². The van der Waals surface area contributed by atoms with Crippen molar-refractivity contribution in [3.63, 3.8) is 0 Å². The standard InChI is InChI=1S/C7H15NOS/c1-7(9)4-3-5-10-6-8-2/h8H,3-6H2,1-2H3. The van der Waals surface area contributed by atoms with E-state index in [9.17, 15) is 4.79 Å². The number of nitrogens with one attached hydrogen (secondary N) is 1. The maximum Gasteiger partial charge on any atom is 0.129 e. The molecule has 0 heterocycles. The van der Waals surface area contributed by atoms with Crippen molar-refractivity contribution in [2.24, 2.45) is 0 Å². The Morgan fingerprint density at radius 3 is 2.80 bits per heavy atom. The Kier molecular flexibility index (Phi) is 7.08. The molecule has 0 aromatic rings. The van der Waals surface area contributed by atoms with Gasteiger partial charge >= 0.3 is 0 Å². The minimum absolute atomic E-state index is 0.296. The van der Waals surface area contributed by atoms with Crippen LogP contribution in [0.3, 0.4) is 0 Å². The highest BCUT2D eigenvalue weighted by Crippen LogP contribution is 2.02. The van der Waals surface area contributed by atoms with E-state index in [-0.39, 0.29) is 0 Å². The third-order valence-corrected chi connectivity index (χ3v) is 2.13. The Morgan fingerprint density at radius 1 is 1.60 bits per heavy atom. The van der Waals surface area contributed by atoms with Crippen LogP contribution in [-0.2, 0) is 4.79 Å². The minimum atomic E-state index is 0.296. The lowest BCUT2D eigenvalue weighted by Crippen LogP contribution is -2.04. The van der Waals surface area contributed by atoms with Crippen LogP contribution in [0.1, 0.15) is 19.8 Å². The summed E-state index contributed by atoms with van der Waals surface area (Å²) >= 11 is 1.83. The molecule has 0 aliphatic heterocycles. The summed E-state index contributed by atoms with van der Waals surface area (Å²) in [6, 6.07) is 0. The normalized spacial score (nSPS) is 9.80. The summed E-state index contributed by atoms with van der Waals surface area (Å²) in [7, 11) is 1.93. The predicted molar refractivity (Wildman–Crippen MR) is 46.3 cm³/mol. The summed E-state index contributed by atoms with van der Waals surface area (Å²) in [4.78, 5) is 10.5. The van der Waals surface area contributed by atoms with Crippen molar-refractivity contribution >= 4 is 17.5 Å². The molecule has 0 amide bonds. The molecule has 1 N–H and O–H groups in total. The fraction of sp³-hybridized carbons (Fsp3) is 0.857. The van der Waals surface area contributed by atoms with Crippen LogP contribution in [0.15, 0.2) is 0 Å². The summed E-state index contributed by atoms with van der Waals surface area (Å²) in [5.74, 6) is 2.36. The quantitative estimate of drug-likeness (QED) is 0.470. The number of rotatable bonds is 6. The van der Waals surface area contributed by atoms with Crippen molar-refractivity contribution in [2.75, 3.05) is 18.7 Å². The van der Waals surface area contributed by atoms with Gasteiger partial charge in [-0.25, -0.2) is 0 Å². The molecule has 60 valence electrons. The van der Waals surface area contributed by atoms with E-state index in [0.717, 1.165) is 24.5 Å². The number of carbonyl (C=O) groups excluding carboxylic acids is 1. The van der Waals surface area contributed by atoms with Gasteiger partial charge in [-0.05, 0) is 26.1 Å². The van der Waals surface area contributed by atoms with Gasteiger partial charge in [0.05, 0.1) is 0 Å². The summed E-state index contributed by atoms with van der Waals surface area (Å²) in [5.41, 5.74) is 0. The van der Waals surface area contributed by atoms with Crippen LogP contribution in [0, 0.1) is 0 Å². The second-order valence-corrected chi connectivity index (χ2v) is 3.32. The third-order valence-electron chi connectivity index (χ3n) is 1.06. The zero-order valence-corrected chi connectivity index (χ0v) is 7.46. The van der Waals surface area contributed by atoms with Crippen LogP contribution in [0.4, 0.5) is 0 Å². The molecule has 3 heteroatoms. The van der Waals surface area contributed by atoms with Crippen LogP contribution < -0.4 is 5.32 Å². The van der Waals surface area contributed by atoms with Crippen molar-refractivity contribution in [1.82, 2.24) is 5.32 Å². The van der Waals surface area contributed by atoms with Crippen LogP contribution >= 0.6 is 11.8 Å². The molecule has 0 spiro atoms. The smallest absolute Gasteiger partial charge is 0.129 e. The monoisotopic (exact) mass is 161 g/mol. The van der Waals surface area contributed by atoms with Crippen molar-refractivity contribution in [3.8, 4) is 0 Å². The highest BCUT2D eigenvalue weighted by molar-refractivity contribution is 7.99. The highest BCUT2D eigenvalue weighted by atomic mass is 32.2. The summed E-state index contributed by atoms with van der Waals surface area (Å²) < 4.78 is 0. The largest absolute Gasteiger partial charge is 0.311 e. The van der Waals surface area contributed by atoms with E-state index in [1.807, 2.05) is 18.8 Å². The first kappa shape index (κ1) is 9.98. The molecule has 2 nitrogen and oxygen atoms in total. The van der Waals surface area contributed by atoms with Gasteiger partial charge in [0.2, 0.25) is 0 Å². The number of thioether (sulfide) groups is 1. The molecular weight excluding hydrogens is 146 g/mol. The molecule has 0 fully saturated rings. The fourth-order valence-electron chi connectivity index (χ4n) is 0.597. The lowest BCUT2D eigenvalue weighted by molar-refractivity contribution is -0.117. The number of Topliss-reactive ketones (excluding diaryl/α,β-unsaturated/α-hetero) is 1. The molecule has 0 aliphatic rings. The molecular formula is C7H15NOS. The maximum absolute atomic E-state index is 10.5. The first-order chi connectivity index (χ1) is 4.77. The molecule has 0 bridgehead atoms. The molecule has 0 aromatic carbocycles. The van der Waals surface area contributed by atoms with Crippen molar-refractivity contribution < 1.29 is 4.79 Å². The van der Waals surface area contributed by atoms with E-state index in [1.165, 1.54) is 0 Å². The molecule has 0 radical (unpaired) electrons. The van der Waals surface area contributed by atoms with Crippen molar-refractivity contribution in [1.29, 1.82) is 0 Å². The summed E-state index contributed by atoms with van der Waals surface area (Å²) in [6.45, 7) is 1.64. The van der Waals surface area contributed by atoms with Crippen LogP contribution in [0.25, 0.3) is 0 Å². The SMILES string of the molecule is CNCSCCCC(C)=O. The Bertz CT molecular complexity index is 95.6.